The molecule has 350 valence electrons. The summed E-state index contributed by atoms with van der Waals surface area (Å²) in [5, 5.41) is 13.7. The van der Waals surface area contributed by atoms with Crippen LogP contribution in [-0.2, 0) is 18.4 Å². The van der Waals surface area contributed by atoms with Crippen molar-refractivity contribution >= 4 is 13.7 Å². The molecule has 8 nitrogen and oxygen atoms in total. The number of aliphatic hydroxyl groups excluding tert-OH is 1. The topological polar surface area (TPSA) is 131 Å². The molecule has 0 bridgehead atoms. The van der Waals surface area contributed by atoms with E-state index in [4.69, 9.17) is 14.8 Å². The Bertz CT molecular complexity index is 1270. The minimum Gasteiger partial charge on any atom is -0.387 e. The van der Waals surface area contributed by atoms with Crippen LogP contribution in [0.5, 0.6) is 0 Å². The summed E-state index contributed by atoms with van der Waals surface area (Å²) in [4.78, 5) is 22.8. The van der Waals surface area contributed by atoms with Gasteiger partial charge in [0.05, 0.1) is 25.4 Å². The van der Waals surface area contributed by atoms with Gasteiger partial charge in [-0.15, -0.1) is 0 Å². The number of aliphatic hydroxyl groups is 1. The zero-order valence-corrected chi connectivity index (χ0v) is 39.8. The van der Waals surface area contributed by atoms with Crippen molar-refractivity contribution in [1.82, 2.24) is 5.32 Å². The van der Waals surface area contributed by atoms with E-state index in [0.29, 0.717) is 6.42 Å². The first-order chi connectivity index (χ1) is 29.9. The SMILES string of the molecule is CC/C=C\C/C=C\C/C=C\C/C=C\C/C=C\C/C=C\CCCCCCC(=O)NC(COP(=O)(O)OCCN)C(O)/C=C/CC/C=C/CCCCCCCCCCCCCCC. The van der Waals surface area contributed by atoms with Crippen LogP contribution < -0.4 is 11.1 Å². The maximum absolute atomic E-state index is 12.8. The van der Waals surface area contributed by atoms with Gasteiger partial charge in [0, 0.05) is 13.0 Å². The number of nitrogens with one attached hydrogen (secondary N) is 1. The maximum Gasteiger partial charge on any atom is 0.472 e. The molecule has 0 aromatic heterocycles. The lowest BCUT2D eigenvalue weighted by molar-refractivity contribution is -0.123. The number of hydrogen-bond acceptors (Lipinski definition) is 6. The number of unbranched alkanes of at least 4 members (excludes halogenated alkanes) is 18. The van der Waals surface area contributed by atoms with Crippen LogP contribution in [0, 0.1) is 0 Å². The van der Waals surface area contributed by atoms with Crippen LogP contribution in [0.2, 0.25) is 0 Å². The lowest BCUT2D eigenvalue weighted by Crippen LogP contribution is -2.45. The first-order valence-electron chi connectivity index (χ1n) is 24.4. The highest BCUT2D eigenvalue weighted by Gasteiger charge is 2.26. The molecular formula is C52H91N2O6P. The number of allylic oxidation sites excluding steroid dienone is 15. The minimum absolute atomic E-state index is 0.0642. The van der Waals surface area contributed by atoms with Gasteiger partial charge in [-0.3, -0.25) is 13.8 Å². The van der Waals surface area contributed by atoms with E-state index in [2.05, 4.69) is 104 Å². The van der Waals surface area contributed by atoms with Crippen LogP contribution in [0.3, 0.4) is 0 Å². The van der Waals surface area contributed by atoms with Gasteiger partial charge in [-0.2, -0.15) is 0 Å². The predicted molar refractivity (Wildman–Crippen MR) is 262 cm³/mol. The third-order valence-corrected chi connectivity index (χ3v) is 11.1. The number of phosphoric ester groups is 1. The fourth-order valence-electron chi connectivity index (χ4n) is 6.50. The van der Waals surface area contributed by atoms with Gasteiger partial charge >= 0.3 is 7.82 Å². The van der Waals surface area contributed by atoms with E-state index >= 15 is 0 Å². The number of amides is 1. The molecule has 0 radical (unpaired) electrons. The Balaban J connectivity index is 4.28. The molecule has 5 N–H and O–H groups in total. The second-order valence-electron chi connectivity index (χ2n) is 15.9. The number of carbonyl (C=O) groups is 1. The van der Waals surface area contributed by atoms with E-state index in [1.807, 2.05) is 6.08 Å². The molecule has 1 amide bonds. The van der Waals surface area contributed by atoms with Crippen molar-refractivity contribution in [3.8, 4) is 0 Å². The summed E-state index contributed by atoms with van der Waals surface area (Å²) < 4.78 is 22.2. The second kappa shape index (κ2) is 46.9. The highest BCUT2D eigenvalue weighted by molar-refractivity contribution is 7.47. The van der Waals surface area contributed by atoms with Gasteiger partial charge in [-0.25, -0.2) is 4.57 Å². The monoisotopic (exact) mass is 871 g/mol. The predicted octanol–water partition coefficient (Wildman–Crippen LogP) is 14.3. The summed E-state index contributed by atoms with van der Waals surface area (Å²) in [6, 6.07) is -0.898. The number of rotatable bonds is 44. The molecule has 3 atom stereocenters. The van der Waals surface area contributed by atoms with Crippen LogP contribution in [-0.4, -0.2) is 47.8 Å². The Hall–Kier alpha value is -2.58. The maximum atomic E-state index is 12.8. The van der Waals surface area contributed by atoms with E-state index in [-0.39, 0.29) is 25.7 Å². The normalized spacial score (nSPS) is 14.8. The zero-order valence-electron chi connectivity index (χ0n) is 38.9. The van der Waals surface area contributed by atoms with Gasteiger partial charge in [-0.05, 0) is 83.5 Å². The molecule has 0 aromatic rings. The molecule has 0 aromatic carbocycles. The molecule has 0 rings (SSSR count). The van der Waals surface area contributed by atoms with Crippen LogP contribution in [0.25, 0.3) is 0 Å². The molecule has 0 aliphatic heterocycles. The molecule has 0 spiro atoms. The lowest BCUT2D eigenvalue weighted by atomic mass is 10.0. The van der Waals surface area contributed by atoms with Crippen molar-refractivity contribution in [2.24, 2.45) is 5.73 Å². The summed E-state index contributed by atoms with van der Waals surface area (Å²) in [6.07, 6.45) is 64.7. The standard InChI is InChI=1S/C52H91N2O6P/c1-3-5-7-9-11-13-15-17-19-21-23-24-25-26-28-30-32-34-36-38-40-42-44-46-52(56)54-50(49-60-61(57,58)59-48-47-53)51(55)45-43-41-39-37-35-33-31-29-27-22-20-18-16-14-12-10-8-6-4-2/h5,7,11,13,17,19,23-24,26,28,32,34-35,37,43,45,50-51,55H,3-4,6,8-10,12,14-16,18,20-22,25,27,29-31,33,36,38-42,44,46-49,53H2,1-2H3,(H,54,56)(H,57,58)/b7-5-,13-11-,19-17-,24-23-,28-26-,34-32-,37-35+,45-43+. The molecule has 0 aliphatic carbocycles. The third-order valence-electron chi connectivity index (χ3n) is 10.1. The van der Waals surface area contributed by atoms with Crippen LogP contribution in [0.4, 0.5) is 0 Å². The first kappa shape index (κ1) is 58.4. The van der Waals surface area contributed by atoms with Crippen molar-refractivity contribution in [3.63, 3.8) is 0 Å². The Kier molecular flexibility index (Phi) is 44.9. The summed E-state index contributed by atoms with van der Waals surface area (Å²) in [7, 11) is -4.37. The number of carbonyl (C=O) groups excluding carboxylic acids is 1. The second-order valence-corrected chi connectivity index (χ2v) is 17.4. The summed E-state index contributed by atoms with van der Waals surface area (Å²) in [5.41, 5.74) is 5.38. The van der Waals surface area contributed by atoms with Crippen LogP contribution in [0.1, 0.15) is 194 Å². The summed E-state index contributed by atoms with van der Waals surface area (Å²) >= 11 is 0. The lowest BCUT2D eigenvalue weighted by Gasteiger charge is -2.23. The smallest absolute Gasteiger partial charge is 0.387 e. The fraction of sp³-hybridized carbons (Fsp3) is 0.673. The average Bonchev–Trinajstić information content (AvgIpc) is 3.25. The minimum atomic E-state index is -4.37. The number of nitrogens with two attached hydrogens (primary N) is 1. The molecule has 0 saturated carbocycles. The van der Waals surface area contributed by atoms with E-state index in [1.165, 1.54) is 83.5 Å². The van der Waals surface area contributed by atoms with Gasteiger partial charge in [0.25, 0.3) is 0 Å². The quantitative estimate of drug-likeness (QED) is 0.0272. The summed E-state index contributed by atoms with van der Waals surface area (Å²) in [6.45, 7) is 3.97. The van der Waals surface area contributed by atoms with E-state index in [9.17, 15) is 19.4 Å². The zero-order chi connectivity index (χ0) is 44.6. The highest BCUT2D eigenvalue weighted by atomic mass is 31.2. The summed E-state index contributed by atoms with van der Waals surface area (Å²) in [5.74, 6) is -0.232. The van der Waals surface area contributed by atoms with Crippen molar-refractivity contribution in [2.45, 2.75) is 206 Å². The van der Waals surface area contributed by atoms with Crippen LogP contribution >= 0.6 is 7.82 Å². The van der Waals surface area contributed by atoms with Gasteiger partial charge in [0.1, 0.15) is 0 Å². The Morgan fingerprint density at radius 1 is 0.557 bits per heavy atom. The largest absolute Gasteiger partial charge is 0.472 e. The van der Waals surface area contributed by atoms with Crippen molar-refractivity contribution in [2.75, 3.05) is 19.8 Å². The van der Waals surface area contributed by atoms with Crippen molar-refractivity contribution in [1.29, 1.82) is 0 Å². The molecule has 0 fully saturated rings. The third kappa shape index (κ3) is 45.3. The fourth-order valence-corrected chi connectivity index (χ4v) is 7.26. The molecule has 0 aliphatic rings. The first-order valence-corrected chi connectivity index (χ1v) is 25.9. The van der Waals surface area contributed by atoms with Gasteiger partial charge in [-0.1, -0.05) is 201 Å². The van der Waals surface area contributed by atoms with Gasteiger partial charge in [0.2, 0.25) is 5.91 Å². The van der Waals surface area contributed by atoms with E-state index in [1.54, 1.807) is 6.08 Å². The molecule has 0 saturated heterocycles. The van der Waals surface area contributed by atoms with Crippen molar-refractivity contribution in [3.05, 3.63) is 97.2 Å². The Morgan fingerprint density at radius 2 is 0.967 bits per heavy atom. The average molecular weight is 871 g/mol. The Labute approximate surface area is 374 Å². The molecule has 3 unspecified atom stereocenters. The number of phosphoric acid groups is 1. The molecule has 0 heterocycles. The highest BCUT2D eigenvalue weighted by Crippen LogP contribution is 2.43. The number of hydrogen-bond donors (Lipinski definition) is 4. The van der Waals surface area contributed by atoms with Crippen LogP contribution in [0.15, 0.2) is 97.2 Å². The van der Waals surface area contributed by atoms with E-state index < -0.39 is 20.0 Å². The molecule has 9 heteroatoms. The molecule has 61 heavy (non-hydrogen) atoms. The van der Waals surface area contributed by atoms with Gasteiger partial charge in [0.15, 0.2) is 0 Å². The molecular weight excluding hydrogens is 780 g/mol. The van der Waals surface area contributed by atoms with Crippen molar-refractivity contribution < 1.29 is 28.4 Å². The van der Waals surface area contributed by atoms with E-state index in [0.717, 1.165) is 89.9 Å². The van der Waals surface area contributed by atoms with Gasteiger partial charge < -0.3 is 21.1 Å². The Morgan fingerprint density at radius 3 is 1.46 bits per heavy atom.